The molecule has 4 heteroatoms. The molecule has 0 amide bonds. The molecular formula is C40H65NO3. The molecule has 0 saturated heterocycles. The van der Waals surface area contributed by atoms with Crippen molar-refractivity contribution in [1.29, 1.82) is 0 Å². The number of ketones is 1. The van der Waals surface area contributed by atoms with Crippen LogP contribution >= 0.6 is 0 Å². The molecule has 0 radical (unpaired) electrons. The number of ether oxygens (including phenoxy) is 2. The SMILES string of the molecule is CC.CC.CC.CC.CC/C(=C(\C(C)=O)c1ccc(OC(C)C)cc1)c1ccccc1.Cc1ccc(OCCN(C)C)cc1. The highest BCUT2D eigenvalue weighted by atomic mass is 16.5. The molecule has 3 rings (SSSR count). The fourth-order valence-corrected chi connectivity index (χ4v) is 3.71. The van der Waals surface area contributed by atoms with Gasteiger partial charge in [-0.25, -0.2) is 0 Å². The zero-order valence-electron chi connectivity index (χ0n) is 30.9. The third-order valence-electron chi connectivity index (χ3n) is 5.47. The summed E-state index contributed by atoms with van der Waals surface area (Å²) in [5.41, 5.74) is 5.17. The van der Waals surface area contributed by atoms with E-state index < -0.39 is 0 Å². The number of likely N-dealkylation sites (N-methyl/N-ethyl adjacent to an activating group) is 1. The van der Waals surface area contributed by atoms with E-state index in [0.717, 1.165) is 53.3 Å². The lowest BCUT2D eigenvalue weighted by atomic mass is 9.91. The second-order valence-electron chi connectivity index (χ2n) is 9.29. The van der Waals surface area contributed by atoms with Crippen LogP contribution in [-0.2, 0) is 4.79 Å². The summed E-state index contributed by atoms with van der Waals surface area (Å²) in [6.45, 7) is 27.5. The molecule has 0 fully saturated rings. The maximum absolute atomic E-state index is 12.3. The predicted molar refractivity (Wildman–Crippen MR) is 197 cm³/mol. The van der Waals surface area contributed by atoms with Crippen LogP contribution in [-0.4, -0.2) is 44.0 Å². The van der Waals surface area contributed by atoms with Crippen molar-refractivity contribution in [2.45, 2.75) is 103 Å². The Morgan fingerprint density at radius 1 is 0.705 bits per heavy atom. The van der Waals surface area contributed by atoms with Crippen molar-refractivity contribution < 1.29 is 14.3 Å². The fraction of sp³-hybridized carbons (Fsp3) is 0.475. The molecule has 3 aromatic rings. The van der Waals surface area contributed by atoms with Gasteiger partial charge in [0, 0.05) is 12.1 Å². The number of carbonyl (C=O) groups excluding carboxylic acids is 1. The molecule has 44 heavy (non-hydrogen) atoms. The molecule has 0 N–H and O–H groups in total. The van der Waals surface area contributed by atoms with Crippen molar-refractivity contribution in [2.75, 3.05) is 27.2 Å². The van der Waals surface area contributed by atoms with Crippen molar-refractivity contribution in [3.8, 4) is 11.5 Å². The van der Waals surface area contributed by atoms with E-state index in [4.69, 9.17) is 9.47 Å². The van der Waals surface area contributed by atoms with Crippen LogP contribution in [0.1, 0.15) is 106 Å². The Morgan fingerprint density at radius 2 is 1.18 bits per heavy atom. The molecule has 0 aliphatic rings. The summed E-state index contributed by atoms with van der Waals surface area (Å²) in [5, 5.41) is 0. The first-order valence-electron chi connectivity index (χ1n) is 16.6. The highest BCUT2D eigenvalue weighted by Gasteiger charge is 2.14. The van der Waals surface area contributed by atoms with Gasteiger partial charge in [-0.15, -0.1) is 0 Å². The molecular weight excluding hydrogens is 542 g/mol. The molecule has 248 valence electrons. The smallest absolute Gasteiger partial charge is 0.160 e. The molecule has 4 nitrogen and oxygen atoms in total. The van der Waals surface area contributed by atoms with Crippen LogP contribution in [0.2, 0.25) is 0 Å². The average Bonchev–Trinajstić information content (AvgIpc) is 3.05. The van der Waals surface area contributed by atoms with E-state index in [1.165, 1.54) is 5.56 Å². The Labute approximate surface area is 272 Å². The molecule has 0 bridgehead atoms. The molecule has 0 saturated carbocycles. The first-order chi connectivity index (χ1) is 21.2. The summed E-state index contributed by atoms with van der Waals surface area (Å²) in [4.78, 5) is 14.4. The van der Waals surface area contributed by atoms with Crippen LogP contribution in [0.3, 0.4) is 0 Å². The monoisotopic (exact) mass is 607 g/mol. The molecule has 0 spiro atoms. The number of Topliss-reactive ketones (excluding diaryl/α,β-unsaturated/α-hetero) is 1. The predicted octanol–water partition coefficient (Wildman–Crippen LogP) is 11.4. The van der Waals surface area contributed by atoms with Gasteiger partial charge in [-0.1, -0.05) is 122 Å². The molecule has 0 unspecified atom stereocenters. The van der Waals surface area contributed by atoms with Gasteiger partial charge < -0.3 is 14.4 Å². The standard InChI is InChI=1S/C21H24O2.C11H17NO.4C2H6/c1-5-20(17-9-7-6-8-10-17)21(16(4)22)18-11-13-19(14-12-18)23-15(2)3;1-10-4-6-11(7-5-10)13-9-8-12(2)3;4*1-2/h6-15H,5H2,1-4H3;4-7H,8-9H2,1-3H3;4*1-2H3/b21-20-;;;;;. The maximum Gasteiger partial charge on any atom is 0.160 e. The summed E-state index contributed by atoms with van der Waals surface area (Å²) in [6, 6.07) is 26.0. The first-order valence-corrected chi connectivity index (χ1v) is 16.6. The maximum atomic E-state index is 12.3. The minimum atomic E-state index is 0.0863. The molecule has 3 aromatic carbocycles. The Hall–Kier alpha value is -3.37. The molecule has 0 aromatic heterocycles. The quantitative estimate of drug-likeness (QED) is 0.170. The Morgan fingerprint density at radius 3 is 1.59 bits per heavy atom. The summed E-state index contributed by atoms with van der Waals surface area (Å²) >= 11 is 0. The van der Waals surface area contributed by atoms with E-state index in [0.29, 0.717) is 0 Å². The van der Waals surface area contributed by atoms with Gasteiger partial charge in [-0.2, -0.15) is 0 Å². The number of benzene rings is 3. The lowest BCUT2D eigenvalue weighted by Gasteiger charge is -2.14. The number of hydrogen-bond donors (Lipinski definition) is 0. The number of allylic oxidation sites excluding steroid dienone is 2. The van der Waals surface area contributed by atoms with Gasteiger partial charge in [0.25, 0.3) is 0 Å². The number of hydrogen-bond acceptors (Lipinski definition) is 4. The normalized spacial score (nSPS) is 9.93. The van der Waals surface area contributed by atoms with Crippen LogP contribution in [0.15, 0.2) is 78.9 Å². The van der Waals surface area contributed by atoms with Gasteiger partial charge in [0.1, 0.15) is 18.1 Å². The molecule has 0 atom stereocenters. The number of aryl methyl sites for hydroxylation is 1. The third-order valence-corrected chi connectivity index (χ3v) is 5.47. The van der Waals surface area contributed by atoms with Crippen molar-refractivity contribution in [1.82, 2.24) is 4.90 Å². The number of nitrogens with zero attached hydrogens (tertiary/aromatic N) is 1. The van der Waals surface area contributed by atoms with Crippen molar-refractivity contribution in [3.05, 3.63) is 95.6 Å². The Bertz CT molecular complexity index is 1080. The topological polar surface area (TPSA) is 38.8 Å². The van der Waals surface area contributed by atoms with E-state index in [1.807, 2.05) is 138 Å². The lowest BCUT2D eigenvalue weighted by Crippen LogP contribution is -2.19. The van der Waals surface area contributed by atoms with Crippen LogP contribution in [0, 0.1) is 6.92 Å². The van der Waals surface area contributed by atoms with Gasteiger partial charge in [0.2, 0.25) is 0 Å². The van der Waals surface area contributed by atoms with Crippen LogP contribution in [0.5, 0.6) is 11.5 Å². The van der Waals surface area contributed by atoms with Gasteiger partial charge in [-0.3, -0.25) is 4.79 Å². The number of carbonyl (C=O) groups is 1. The van der Waals surface area contributed by atoms with Crippen LogP contribution < -0.4 is 9.47 Å². The van der Waals surface area contributed by atoms with Gasteiger partial charge in [0.15, 0.2) is 5.78 Å². The molecule has 0 aliphatic carbocycles. The van der Waals surface area contributed by atoms with Crippen molar-refractivity contribution >= 4 is 16.9 Å². The van der Waals surface area contributed by atoms with E-state index >= 15 is 0 Å². The van der Waals surface area contributed by atoms with E-state index in [2.05, 4.69) is 43.0 Å². The zero-order chi connectivity index (χ0) is 34.5. The summed E-state index contributed by atoms with van der Waals surface area (Å²) in [6.07, 6.45) is 0.947. The minimum Gasteiger partial charge on any atom is -0.492 e. The van der Waals surface area contributed by atoms with Crippen molar-refractivity contribution in [2.24, 2.45) is 0 Å². The van der Waals surface area contributed by atoms with Gasteiger partial charge in [0.05, 0.1) is 6.10 Å². The molecule has 0 heterocycles. The largest absolute Gasteiger partial charge is 0.492 e. The fourth-order valence-electron chi connectivity index (χ4n) is 3.71. The van der Waals surface area contributed by atoms with E-state index in [9.17, 15) is 4.79 Å². The van der Waals surface area contributed by atoms with Crippen molar-refractivity contribution in [3.63, 3.8) is 0 Å². The van der Waals surface area contributed by atoms with Crippen LogP contribution in [0.25, 0.3) is 11.1 Å². The average molecular weight is 608 g/mol. The van der Waals surface area contributed by atoms with E-state index in [1.54, 1.807) is 6.92 Å². The third kappa shape index (κ3) is 19.7. The van der Waals surface area contributed by atoms with Gasteiger partial charge >= 0.3 is 0 Å². The highest BCUT2D eigenvalue weighted by Crippen LogP contribution is 2.30. The van der Waals surface area contributed by atoms with E-state index in [-0.39, 0.29) is 11.9 Å². The first kappa shape index (κ1) is 45.1. The zero-order valence-corrected chi connectivity index (χ0v) is 30.9. The summed E-state index contributed by atoms with van der Waals surface area (Å²) in [7, 11) is 4.08. The minimum absolute atomic E-state index is 0.0863. The van der Waals surface area contributed by atoms with Gasteiger partial charge in [-0.05, 0) is 89.2 Å². The highest BCUT2D eigenvalue weighted by molar-refractivity contribution is 6.27. The molecule has 0 aliphatic heterocycles. The number of rotatable bonds is 10. The lowest BCUT2D eigenvalue weighted by molar-refractivity contribution is -0.111. The summed E-state index contributed by atoms with van der Waals surface area (Å²) < 4.78 is 11.2. The Kier molecular flexibility index (Phi) is 30.4. The summed E-state index contributed by atoms with van der Waals surface area (Å²) in [5.74, 6) is 1.86. The Balaban J connectivity index is -0.000000680. The van der Waals surface area contributed by atoms with Crippen LogP contribution in [0.4, 0.5) is 0 Å². The second kappa shape index (κ2) is 29.7. The second-order valence-corrected chi connectivity index (χ2v) is 9.29.